The van der Waals surface area contributed by atoms with Crippen LogP contribution in [0.4, 0.5) is 0 Å². The van der Waals surface area contributed by atoms with Crippen LogP contribution in [0.2, 0.25) is 0 Å². The van der Waals surface area contributed by atoms with Crippen LogP contribution in [0.5, 0.6) is 0 Å². The summed E-state index contributed by atoms with van der Waals surface area (Å²) >= 11 is 0. The first-order valence-corrected chi connectivity index (χ1v) is 3.49. The van der Waals surface area contributed by atoms with Crippen LogP contribution in [0.1, 0.15) is 6.42 Å². The summed E-state index contributed by atoms with van der Waals surface area (Å²) in [7, 11) is 1.40. The number of rotatable bonds is 4. The lowest BCUT2D eigenvalue weighted by atomic mass is 10.2. The van der Waals surface area contributed by atoms with Gasteiger partial charge in [-0.25, -0.2) is 4.85 Å². The number of carbonyl (C=O) groups excluding carboxylic acids is 1. The van der Waals surface area contributed by atoms with E-state index in [1.165, 1.54) is 7.05 Å². The smallest absolute Gasteiger partial charge is 0.230 e. The molecule has 0 aromatic heterocycles. The van der Waals surface area contributed by atoms with E-state index in [9.17, 15) is 14.9 Å². The Morgan fingerprint density at radius 1 is 1.85 bits per heavy atom. The van der Waals surface area contributed by atoms with Crippen molar-refractivity contribution in [3.05, 3.63) is 33.8 Å². The predicted molar refractivity (Wildman–Crippen MR) is 45.2 cm³/mol. The summed E-state index contributed by atoms with van der Waals surface area (Å²) in [5.41, 5.74) is 0. The maximum absolute atomic E-state index is 10.8. The quantitative estimate of drug-likeness (QED) is 0.384. The minimum Gasteiger partial charge on any atom is -0.359 e. The Labute approximate surface area is 75.2 Å². The minimum absolute atomic E-state index is 0.241. The summed E-state index contributed by atoms with van der Waals surface area (Å²) in [6.45, 7) is 6.38. The van der Waals surface area contributed by atoms with Crippen molar-refractivity contribution in [3.8, 4) is 0 Å². The van der Waals surface area contributed by atoms with E-state index < -0.39 is 16.9 Å². The van der Waals surface area contributed by atoms with E-state index in [1.807, 2.05) is 0 Å². The summed E-state index contributed by atoms with van der Waals surface area (Å²) in [6.07, 6.45) is 1.84. The Morgan fingerprint density at radius 2 is 2.46 bits per heavy atom. The Balaban J connectivity index is 4.28. The normalized spacial score (nSPS) is 12.0. The molecule has 0 bridgehead atoms. The lowest BCUT2D eigenvalue weighted by Gasteiger charge is -2.02. The fourth-order valence-electron chi connectivity index (χ4n) is 0.647. The summed E-state index contributed by atoms with van der Waals surface area (Å²) in [5.74, 6) is -0.420. The van der Waals surface area contributed by atoms with Crippen molar-refractivity contribution < 1.29 is 9.72 Å². The summed E-state index contributed by atoms with van der Waals surface area (Å²) in [4.78, 5) is 23.3. The molecule has 0 radical (unpaired) electrons. The van der Waals surface area contributed by atoms with E-state index in [-0.39, 0.29) is 6.42 Å². The molecule has 1 unspecified atom stereocenters. The van der Waals surface area contributed by atoms with Gasteiger partial charge in [0.25, 0.3) is 0 Å². The molecule has 70 valence electrons. The van der Waals surface area contributed by atoms with Gasteiger partial charge in [-0.2, -0.15) is 0 Å². The van der Waals surface area contributed by atoms with Gasteiger partial charge in [0.1, 0.15) is 0 Å². The number of carbonyl (C=O) groups is 1. The minimum atomic E-state index is -1.12. The highest BCUT2D eigenvalue weighted by Crippen LogP contribution is 1.99. The molecule has 6 nitrogen and oxygen atoms in total. The molecule has 0 aliphatic rings. The number of hydrogen-bond acceptors (Lipinski definition) is 3. The third kappa shape index (κ3) is 4.53. The fraction of sp³-hybridized carbons (Fsp3) is 0.429. The number of nitro groups is 1. The molecular weight excluding hydrogens is 174 g/mol. The van der Waals surface area contributed by atoms with Crippen molar-refractivity contribution in [3.63, 3.8) is 0 Å². The van der Waals surface area contributed by atoms with E-state index in [0.717, 1.165) is 12.3 Å². The Bertz CT molecular complexity index is 267. The Morgan fingerprint density at radius 3 is 2.85 bits per heavy atom. The van der Waals surface area contributed by atoms with Crippen molar-refractivity contribution in [2.45, 2.75) is 12.5 Å². The van der Waals surface area contributed by atoms with Gasteiger partial charge in [0.15, 0.2) is 6.20 Å². The molecular formula is C7H9N3O3. The molecule has 1 amide bonds. The van der Waals surface area contributed by atoms with Crippen LogP contribution in [0.15, 0.2) is 12.3 Å². The molecule has 6 heteroatoms. The maximum atomic E-state index is 10.8. The second-order valence-electron chi connectivity index (χ2n) is 2.20. The van der Waals surface area contributed by atoms with Crippen molar-refractivity contribution >= 4 is 5.91 Å². The van der Waals surface area contributed by atoms with Crippen LogP contribution in [0, 0.1) is 16.7 Å². The molecule has 0 rings (SSSR count). The summed E-state index contributed by atoms with van der Waals surface area (Å²) in [5, 5.41) is 12.6. The van der Waals surface area contributed by atoms with Crippen LogP contribution in [-0.2, 0) is 4.79 Å². The van der Waals surface area contributed by atoms with Gasteiger partial charge in [0.2, 0.25) is 11.9 Å². The molecule has 0 saturated carbocycles. The van der Waals surface area contributed by atoms with E-state index in [0.29, 0.717) is 0 Å². The highest BCUT2D eigenvalue weighted by molar-refractivity contribution is 5.76. The number of nitrogens with zero attached hydrogens (tertiary/aromatic N) is 2. The molecule has 1 atom stereocenters. The van der Waals surface area contributed by atoms with Gasteiger partial charge in [-0.3, -0.25) is 14.9 Å². The molecule has 0 aliphatic heterocycles. The maximum Gasteiger partial charge on any atom is 0.230 e. The summed E-state index contributed by atoms with van der Waals surface area (Å²) in [6, 6.07) is -1.12. The highest BCUT2D eigenvalue weighted by atomic mass is 16.6. The third-order valence-electron chi connectivity index (χ3n) is 1.33. The van der Waals surface area contributed by atoms with E-state index >= 15 is 0 Å². The van der Waals surface area contributed by atoms with Crippen LogP contribution >= 0.6 is 0 Å². The van der Waals surface area contributed by atoms with Crippen LogP contribution in [-0.4, -0.2) is 23.9 Å². The molecule has 0 aromatic rings. The standard InChI is InChI=1S/C7H9N3O3/c1-8-4-3-6(10(12)13)5-7(11)9-2/h3-4,6H,5H2,2H3,(H,9,11)/b4-3+. The van der Waals surface area contributed by atoms with Crippen molar-refractivity contribution in [1.29, 1.82) is 0 Å². The van der Waals surface area contributed by atoms with E-state index in [2.05, 4.69) is 10.2 Å². The largest absolute Gasteiger partial charge is 0.359 e. The molecule has 0 aromatic carbocycles. The molecule has 0 aliphatic carbocycles. The lowest BCUT2D eigenvalue weighted by molar-refractivity contribution is -0.508. The van der Waals surface area contributed by atoms with Gasteiger partial charge < -0.3 is 5.32 Å². The first-order valence-electron chi connectivity index (χ1n) is 3.49. The predicted octanol–water partition coefficient (Wildman–Crippen LogP) is 0.201. The molecule has 13 heavy (non-hydrogen) atoms. The van der Waals surface area contributed by atoms with Gasteiger partial charge >= 0.3 is 0 Å². The SMILES string of the molecule is [C-]#[N+]/C=C/C(CC(=O)NC)[N+](=O)[O-]. The van der Waals surface area contributed by atoms with Crippen molar-refractivity contribution in [2.75, 3.05) is 7.05 Å². The van der Waals surface area contributed by atoms with Gasteiger partial charge in [-0.15, -0.1) is 0 Å². The second kappa shape index (κ2) is 5.71. The van der Waals surface area contributed by atoms with Gasteiger partial charge in [0, 0.05) is 12.0 Å². The zero-order valence-corrected chi connectivity index (χ0v) is 7.06. The van der Waals surface area contributed by atoms with E-state index in [4.69, 9.17) is 6.57 Å². The molecule has 0 fully saturated rings. The first-order chi connectivity index (χ1) is 6.11. The second-order valence-corrected chi connectivity index (χ2v) is 2.20. The molecule has 1 N–H and O–H groups in total. The fourth-order valence-corrected chi connectivity index (χ4v) is 0.647. The van der Waals surface area contributed by atoms with Gasteiger partial charge in [0.05, 0.1) is 13.0 Å². The van der Waals surface area contributed by atoms with Crippen molar-refractivity contribution in [2.24, 2.45) is 0 Å². The van der Waals surface area contributed by atoms with Gasteiger partial charge in [-0.1, -0.05) is 0 Å². The van der Waals surface area contributed by atoms with Gasteiger partial charge in [-0.05, 0) is 6.08 Å². The van der Waals surface area contributed by atoms with Crippen molar-refractivity contribution in [1.82, 2.24) is 5.32 Å². The monoisotopic (exact) mass is 183 g/mol. The lowest BCUT2D eigenvalue weighted by Crippen LogP contribution is -2.27. The molecule has 0 heterocycles. The van der Waals surface area contributed by atoms with E-state index in [1.54, 1.807) is 0 Å². The molecule has 0 saturated heterocycles. The Kier molecular flexibility index (Phi) is 4.88. The zero-order chi connectivity index (χ0) is 10.3. The highest BCUT2D eigenvalue weighted by Gasteiger charge is 2.19. The third-order valence-corrected chi connectivity index (χ3v) is 1.33. The number of nitrogens with one attached hydrogen (secondary N) is 1. The zero-order valence-electron chi connectivity index (χ0n) is 7.06. The topological polar surface area (TPSA) is 76.6 Å². The Hall–Kier alpha value is -1.90. The van der Waals surface area contributed by atoms with Crippen LogP contribution in [0.25, 0.3) is 4.85 Å². The summed E-state index contributed by atoms with van der Waals surface area (Å²) < 4.78 is 0. The van der Waals surface area contributed by atoms with Crippen LogP contribution in [0.3, 0.4) is 0 Å². The number of amides is 1. The average molecular weight is 183 g/mol. The first kappa shape index (κ1) is 11.1. The van der Waals surface area contributed by atoms with Crippen LogP contribution < -0.4 is 5.32 Å². The number of hydrogen-bond donors (Lipinski definition) is 1. The average Bonchev–Trinajstić information content (AvgIpc) is 2.11. The molecule has 0 spiro atoms.